The molecule has 3 heterocycles. The van der Waals surface area contributed by atoms with E-state index in [1.165, 1.54) is 30.0 Å². The summed E-state index contributed by atoms with van der Waals surface area (Å²) in [6, 6.07) is 3.15. The van der Waals surface area contributed by atoms with Gasteiger partial charge in [0.25, 0.3) is 0 Å². The molecule has 0 aliphatic carbocycles. The molecule has 1 amide bonds. The summed E-state index contributed by atoms with van der Waals surface area (Å²) >= 11 is 1.41. The van der Waals surface area contributed by atoms with E-state index in [2.05, 4.69) is 31.1 Å². The minimum absolute atomic E-state index is 0.168. The smallest absolute Gasteiger partial charge is 0.305 e. The zero-order valence-corrected chi connectivity index (χ0v) is 11.9. The van der Waals surface area contributed by atoms with Crippen molar-refractivity contribution in [2.24, 2.45) is 0 Å². The number of nitrogens with two attached hydrogens (primary N) is 1. The second kappa shape index (κ2) is 6.10. The van der Waals surface area contributed by atoms with Gasteiger partial charge in [-0.3, -0.25) is 15.6 Å². The lowest BCUT2D eigenvalue weighted by atomic mass is 10.4. The summed E-state index contributed by atoms with van der Waals surface area (Å²) in [6.45, 7) is 0. The Morgan fingerprint density at radius 2 is 2.14 bits per heavy atom. The number of furan rings is 1. The molecule has 0 fully saturated rings. The molecule has 3 aromatic rings. The second-order valence-electron chi connectivity index (χ2n) is 4.00. The van der Waals surface area contributed by atoms with E-state index in [1.807, 2.05) is 5.38 Å². The molecule has 0 aliphatic rings. The van der Waals surface area contributed by atoms with E-state index >= 15 is 0 Å². The molecule has 10 heteroatoms. The highest BCUT2D eigenvalue weighted by atomic mass is 32.1. The van der Waals surface area contributed by atoms with Crippen LogP contribution in [0.4, 0.5) is 22.5 Å². The largest absolute Gasteiger partial charge is 0.459 e. The van der Waals surface area contributed by atoms with Crippen LogP contribution in [0.1, 0.15) is 10.6 Å². The van der Waals surface area contributed by atoms with Crippen LogP contribution in [0.2, 0.25) is 0 Å². The normalized spacial score (nSPS) is 10.2. The summed E-state index contributed by atoms with van der Waals surface area (Å²) in [6.07, 6.45) is 4.38. The number of rotatable bonds is 5. The van der Waals surface area contributed by atoms with Crippen molar-refractivity contribution in [1.29, 1.82) is 0 Å². The number of amides is 1. The number of anilines is 4. The molecule has 3 aromatic heterocycles. The van der Waals surface area contributed by atoms with Crippen LogP contribution in [0, 0.1) is 0 Å². The molecular weight excluding hydrogens is 306 g/mol. The van der Waals surface area contributed by atoms with Crippen molar-refractivity contribution < 1.29 is 9.21 Å². The monoisotopic (exact) mass is 317 g/mol. The topological polar surface area (TPSA) is 131 Å². The Bertz CT molecular complexity index is 758. The summed E-state index contributed by atoms with van der Waals surface area (Å²) < 4.78 is 4.97. The Kier molecular flexibility index (Phi) is 3.83. The predicted molar refractivity (Wildman–Crippen MR) is 81.6 cm³/mol. The number of carbonyl (C=O) groups is 1. The van der Waals surface area contributed by atoms with Gasteiger partial charge in [0.1, 0.15) is 12.0 Å². The fourth-order valence-corrected chi connectivity index (χ4v) is 2.09. The third-order valence-electron chi connectivity index (χ3n) is 2.58. The van der Waals surface area contributed by atoms with Gasteiger partial charge in [0.15, 0.2) is 22.5 Å². The molecule has 0 spiro atoms. The molecule has 112 valence electrons. The molecule has 22 heavy (non-hydrogen) atoms. The fourth-order valence-electron chi connectivity index (χ4n) is 1.57. The van der Waals surface area contributed by atoms with Gasteiger partial charge < -0.3 is 15.5 Å². The molecule has 0 radical (unpaired) electrons. The lowest BCUT2D eigenvalue weighted by molar-refractivity contribution is 0.0935. The number of nitrogens with zero attached hydrogens (tertiary/aromatic N) is 3. The van der Waals surface area contributed by atoms with Crippen LogP contribution >= 0.6 is 11.3 Å². The molecule has 0 unspecified atom stereocenters. The number of thiazole rings is 1. The van der Waals surface area contributed by atoms with Crippen molar-refractivity contribution >= 4 is 39.7 Å². The van der Waals surface area contributed by atoms with E-state index < -0.39 is 5.91 Å². The molecule has 0 saturated heterocycles. The Morgan fingerprint density at radius 3 is 2.86 bits per heavy atom. The van der Waals surface area contributed by atoms with Crippen LogP contribution in [0.5, 0.6) is 0 Å². The summed E-state index contributed by atoms with van der Waals surface area (Å²) in [5.41, 5.74) is 11.3. The number of hydrazine groups is 1. The van der Waals surface area contributed by atoms with Gasteiger partial charge in [-0.05, 0) is 12.1 Å². The van der Waals surface area contributed by atoms with Crippen LogP contribution < -0.4 is 21.9 Å². The number of hydrogen-bond acceptors (Lipinski definition) is 9. The van der Waals surface area contributed by atoms with Crippen molar-refractivity contribution in [2.45, 2.75) is 0 Å². The first-order valence-electron chi connectivity index (χ1n) is 6.11. The lowest BCUT2D eigenvalue weighted by Gasteiger charge is -2.11. The van der Waals surface area contributed by atoms with E-state index in [0.717, 1.165) is 0 Å². The first-order chi connectivity index (χ1) is 10.7. The Hall–Kier alpha value is -3.14. The van der Waals surface area contributed by atoms with Gasteiger partial charge in [0.2, 0.25) is 0 Å². The average Bonchev–Trinajstić information content (AvgIpc) is 3.21. The van der Waals surface area contributed by atoms with Crippen LogP contribution in [0.25, 0.3) is 0 Å². The van der Waals surface area contributed by atoms with Crippen LogP contribution in [0.15, 0.2) is 40.7 Å². The van der Waals surface area contributed by atoms with Crippen molar-refractivity contribution in [3.05, 3.63) is 42.1 Å². The van der Waals surface area contributed by atoms with Crippen molar-refractivity contribution in [1.82, 2.24) is 20.4 Å². The number of hydrogen-bond donors (Lipinski definition) is 4. The summed E-state index contributed by atoms with van der Waals surface area (Å²) in [5.74, 6) is 0.368. The van der Waals surface area contributed by atoms with Crippen LogP contribution in [-0.4, -0.2) is 20.9 Å². The lowest BCUT2D eigenvalue weighted by Crippen LogP contribution is -2.30. The van der Waals surface area contributed by atoms with Gasteiger partial charge in [-0.25, -0.2) is 15.0 Å². The standard InChI is InChI=1S/C12H11N7O2S/c13-8-9(17-12-14-3-5-22-12)15-6-16-10(8)18-19-11(20)7-2-1-4-21-7/h1-6H,13H2,(H,19,20)(H2,14,15,16,17,18). The van der Waals surface area contributed by atoms with E-state index in [1.54, 1.807) is 12.3 Å². The van der Waals surface area contributed by atoms with Gasteiger partial charge in [-0.15, -0.1) is 11.3 Å². The SMILES string of the molecule is Nc1c(NNC(=O)c2ccco2)ncnc1Nc1nccs1. The van der Waals surface area contributed by atoms with Crippen LogP contribution in [-0.2, 0) is 0 Å². The maximum absolute atomic E-state index is 11.8. The third-order valence-corrected chi connectivity index (χ3v) is 3.27. The van der Waals surface area contributed by atoms with Crippen molar-refractivity contribution in [3.63, 3.8) is 0 Å². The highest BCUT2D eigenvalue weighted by Crippen LogP contribution is 2.25. The maximum Gasteiger partial charge on any atom is 0.305 e. The predicted octanol–water partition coefficient (Wildman–Crippen LogP) is 1.61. The molecule has 3 rings (SSSR count). The van der Waals surface area contributed by atoms with Crippen LogP contribution in [0.3, 0.4) is 0 Å². The van der Waals surface area contributed by atoms with Gasteiger partial charge in [-0.1, -0.05) is 0 Å². The molecule has 0 aromatic carbocycles. The molecule has 0 aliphatic heterocycles. The first kappa shape index (κ1) is 13.8. The second-order valence-corrected chi connectivity index (χ2v) is 4.90. The van der Waals surface area contributed by atoms with Crippen molar-refractivity contribution in [2.75, 3.05) is 16.5 Å². The molecular formula is C12H11N7O2S. The fraction of sp³-hybridized carbons (Fsp3) is 0. The zero-order chi connectivity index (χ0) is 15.4. The maximum atomic E-state index is 11.8. The average molecular weight is 317 g/mol. The molecule has 0 atom stereocenters. The molecule has 0 saturated carbocycles. The number of carbonyl (C=O) groups excluding carboxylic acids is 1. The van der Waals surface area contributed by atoms with Gasteiger partial charge in [0.05, 0.1) is 6.26 Å². The number of nitrogens with one attached hydrogen (secondary N) is 3. The quantitative estimate of drug-likeness (QED) is 0.522. The van der Waals surface area contributed by atoms with E-state index in [-0.39, 0.29) is 17.3 Å². The Labute approximate surface area is 128 Å². The Balaban J connectivity index is 1.70. The summed E-state index contributed by atoms with van der Waals surface area (Å²) in [5, 5.41) is 5.44. The molecule has 5 N–H and O–H groups in total. The molecule has 0 bridgehead atoms. The zero-order valence-electron chi connectivity index (χ0n) is 11.1. The third kappa shape index (κ3) is 2.96. The van der Waals surface area contributed by atoms with Gasteiger partial charge in [0, 0.05) is 11.6 Å². The van der Waals surface area contributed by atoms with E-state index in [0.29, 0.717) is 10.9 Å². The minimum atomic E-state index is -0.447. The summed E-state index contributed by atoms with van der Waals surface area (Å²) in [7, 11) is 0. The van der Waals surface area contributed by atoms with E-state index in [4.69, 9.17) is 10.2 Å². The van der Waals surface area contributed by atoms with Gasteiger partial charge in [-0.2, -0.15) is 0 Å². The minimum Gasteiger partial charge on any atom is -0.459 e. The highest BCUT2D eigenvalue weighted by molar-refractivity contribution is 7.13. The first-order valence-corrected chi connectivity index (χ1v) is 6.99. The summed E-state index contributed by atoms with van der Waals surface area (Å²) in [4.78, 5) is 23.8. The number of aromatic nitrogens is 3. The number of nitrogen functional groups attached to an aromatic ring is 1. The molecule has 9 nitrogen and oxygen atoms in total. The van der Waals surface area contributed by atoms with Crippen molar-refractivity contribution in [3.8, 4) is 0 Å². The van der Waals surface area contributed by atoms with Gasteiger partial charge >= 0.3 is 5.91 Å². The van der Waals surface area contributed by atoms with E-state index in [9.17, 15) is 4.79 Å². The Morgan fingerprint density at radius 1 is 1.27 bits per heavy atom. The highest BCUT2D eigenvalue weighted by Gasteiger charge is 2.12.